The third-order valence-corrected chi connectivity index (χ3v) is 7.76. The van der Waals surface area contributed by atoms with Crippen LogP contribution in [0.5, 0.6) is 0 Å². The van der Waals surface area contributed by atoms with Crippen molar-refractivity contribution in [3.8, 4) is 33.4 Å². The summed E-state index contributed by atoms with van der Waals surface area (Å²) >= 11 is 0. The van der Waals surface area contributed by atoms with Gasteiger partial charge < -0.3 is 4.42 Å². The van der Waals surface area contributed by atoms with Crippen molar-refractivity contribution in [1.82, 2.24) is 0 Å². The Bertz CT molecular complexity index is 4330. The van der Waals surface area contributed by atoms with Crippen LogP contribution < -0.4 is 0 Å². The van der Waals surface area contributed by atoms with E-state index in [1.165, 1.54) is 0 Å². The van der Waals surface area contributed by atoms with Crippen molar-refractivity contribution in [2.24, 2.45) is 0 Å². The predicted molar refractivity (Wildman–Crippen MR) is 200 cm³/mol. The summed E-state index contributed by atoms with van der Waals surface area (Å²) in [5.41, 5.74) is -5.69. The Hall–Kier alpha value is -6.18. The lowest BCUT2D eigenvalue weighted by Crippen LogP contribution is -1.90. The third-order valence-electron chi connectivity index (χ3n) is 7.76. The fourth-order valence-electron chi connectivity index (χ4n) is 5.79. The minimum atomic E-state index is -0.992. The largest absolute Gasteiger partial charge is 0.456 e. The van der Waals surface area contributed by atoms with Gasteiger partial charge in [-0.2, -0.15) is 0 Å². The van der Waals surface area contributed by atoms with E-state index < -0.39 is 268 Å². The Balaban J connectivity index is 1.43. The molecule has 1 aromatic heterocycles. The Morgan fingerprint density at radius 1 is 0.319 bits per heavy atom. The van der Waals surface area contributed by atoms with Crippen LogP contribution in [-0.2, 0) is 0 Å². The number of hydrogen-bond acceptors (Lipinski definition) is 1. The number of fused-ring (bicyclic) bond motifs is 8. The van der Waals surface area contributed by atoms with Crippen LogP contribution in [0.4, 0.5) is 0 Å². The molecule has 0 aliphatic heterocycles. The van der Waals surface area contributed by atoms with E-state index in [1.807, 2.05) is 0 Å². The number of hydrogen-bond donors (Lipinski definition) is 0. The van der Waals surface area contributed by atoms with Crippen LogP contribution in [0.1, 0.15) is 38.4 Å². The van der Waals surface area contributed by atoms with E-state index in [0.717, 1.165) is 0 Å². The minimum absolute atomic E-state index is 0.477. The van der Waals surface area contributed by atoms with E-state index in [1.54, 1.807) is 0 Å². The molecular weight excluding hydrogens is 569 g/mol. The van der Waals surface area contributed by atoms with E-state index in [-0.39, 0.29) is 0 Å². The molecule has 1 heteroatoms. The SMILES string of the molecule is [2H]c1c([2H])c([2H])c(-c2c3c([2H])c([2H])c([2H])c([2H])c3c(-c3c([2H])c([2H])c4c(oc5c([2H])c(-c6c([2H])c7c([2H])c([2H])c([2H])c([2H])c7c7c([2H])c([2H])c([2H])c([2H])c67)c([2H])c([2H])c54)c3[2H])c3c([2H])c([2H])c([2H])c([2H])c23)c([2H])c1[2H]. The smallest absolute Gasteiger partial charge is 0.136 e. The van der Waals surface area contributed by atoms with Gasteiger partial charge >= 0.3 is 0 Å². The van der Waals surface area contributed by atoms with Gasteiger partial charge in [-0.15, -0.1) is 0 Å². The van der Waals surface area contributed by atoms with Crippen molar-refractivity contribution >= 4 is 65.0 Å². The molecule has 0 saturated heterocycles. The molecule has 10 rings (SSSR count). The standard InChI is InChI=1S/C46H28O/c1-2-12-29(13-3-1)45-38-18-8-10-20-40(38)46(41-21-11-9-19-39(41)45)32-23-25-37-36-24-22-31(27-43(36)47-44(37)28-32)42-26-30-14-4-5-15-33(30)34-16-6-7-17-35(34)42/h1-28H/i1D,2D,3D,4D,5D,6D,7D,8D,9D,10D,11D,12D,13D,14D,15D,16D,17D,18D,19D,20D,21D,22D,23D,24D,25D,26D,27D,28D. The average molecular weight is 625 g/mol. The molecule has 0 saturated carbocycles. The molecule has 0 bridgehead atoms. The lowest BCUT2D eigenvalue weighted by molar-refractivity contribution is 0.669. The molecule has 10 aromatic rings. The second-order valence-electron chi connectivity index (χ2n) is 10.3. The fourth-order valence-corrected chi connectivity index (χ4v) is 5.79. The zero-order chi connectivity index (χ0) is 55.3. The summed E-state index contributed by atoms with van der Waals surface area (Å²) in [6.45, 7) is 0. The Morgan fingerprint density at radius 2 is 0.787 bits per heavy atom. The maximum absolute atomic E-state index is 9.76. The molecule has 0 radical (unpaired) electrons. The second-order valence-corrected chi connectivity index (χ2v) is 10.3. The number of furan rings is 1. The highest BCUT2D eigenvalue weighted by atomic mass is 16.3. The third kappa shape index (κ3) is 3.97. The highest BCUT2D eigenvalue weighted by Gasteiger charge is 2.18. The molecule has 0 unspecified atom stereocenters. The van der Waals surface area contributed by atoms with Crippen molar-refractivity contribution in [3.05, 3.63) is 169 Å². The van der Waals surface area contributed by atoms with Crippen LogP contribution in [0.25, 0.3) is 98.4 Å². The molecule has 0 spiro atoms. The molecule has 0 amide bonds. The lowest BCUT2D eigenvalue weighted by Gasteiger charge is -2.17. The first kappa shape index (κ1) is 10.7. The van der Waals surface area contributed by atoms with Gasteiger partial charge in [0.25, 0.3) is 0 Å². The van der Waals surface area contributed by atoms with E-state index in [4.69, 9.17) is 27.7 Å². The van der Waals surface area contributed by atoms with E-state index in [9.17, 15) is 15.1 Å². The van der Waals surface area contributed by atoms with Gasteiger partial charge in [0.15, 0.2) is 0 Å². The van der Waals surface area contributed by atoms with Crippen LogP contribution in [0.2, 0.25) is 0 Å². The molecule has 0 aliphatic carbocycles. The molecule has 0 aliphatic rings. The Kier molecular flexibility index (Phi) is 2.31. The zero-order valence-electron chi connectivity index (χ0n) is 51.4. The van der Waals surface area contributed by atoms with Crippen molar-refractivity contribution in [2.75, 3.05) is 0 Å². The zero-order valence-corrected chi connectivity index (χ0v) is 23.4. The molecule has 47 heavy (non-hydrogen) atoms. The topological polar surface area (TPSA) is 13.1 Å². The minimum Gasteiger partial charge on any atom is -0.456 e. The molecule has 0 atom stereocenters. The second kappa shape index (κ2) is 10.2. The summed E-state index contributed by atoms with van der Waals surface area (Å²) in [6.07, 6.45) is 0. The van der Waals surface area contributed by atoms with Gasteiger partial charge in [0, 0.05) is 10.8 Å². The molecule has 0 fully saturated rings. The van der Waals surface area contributed by atoms with Crippen molar-refractivity contribution < 1.29 is 42.8 Å². The van der Waals surface area contributed by atoms with Gasteiger partial charge in [0.1, 0.15) is 11.2 Å². The molecule has 218 valence electrons. The van der Waals surface area contributed by atoms with Gasteiger partial charge in [0.2, 0.25) is 0 Å². The molecule has 0 N–H and O–H groups in total. The Labute approximate surface area is 311 Å². The van der Waals surface area contributed by atoms with Gasteiger partial charge in [0.05, 0.1) is 38.4 Å². The monoisotopic (exact) mass is 624 g/mol. The lowest BCUT2D eigenvalue weighted by atomic mass is 9.86. The number of benzene rings is 9. The van der Waals surface area contributed by atoms with Crippen molar-refractivity contribution in [1.29, 1.82) is 0 Å². The number of rotatable bonds is 3. The summed E-state index contributed by atoms with van der Waals surface area (Å²) in [4.78, 5) is 0. The van der Waals surface area contributed by atoms with Gasteiger partial charge in [-0.3, -0.25) is 0 Å². The van der Waals surface area contributed by atoms with Crippen molar-refractivity contribution in [2.45, 2.75) is 0 Å². The van der Waals surface area contributed by atoms with Crippen LogP contribution in [0, 0.1) is 0 Å². The summed E-state index contributed by atoms with van der Waals surface area (Å²) < 4.78 is 257. The Morgan fingerprint density at radius 3 is 1.43 bits per heavy atom. The van der Waals surface area contributed by atoms with E-state index >= 15 is 0 Å². The quantitative estimate of drug-likeness (QED) is 0.141. The first-order valence-corrected chi connectivity index (χ1v) is 13.9. The summed E-state index contributed by atoms with van der Waals surface area (Å²) in [6, 6.07) is -25.2. The first-order valence-electron chi connectivity index (χ1n) is 27.9. The maximum Gasteiger partial charge on any atom is 0.136 e. The van der Waals surface area contributed by atoms with Crippen LogP contribution >= 0.6 is 0 Å². The van der Waals surface area contributed by atoms with Gasteiger partial charge in [-0.25, -0.2) is 0 Å². The maximum atomic E-state index is 9.76. The van der Waals surface area contributed by atoms with E-state index in [2.05, 4.69) is 0 Å². The predicted octanol–water partition coefficient (Wildman–Crippen LogP) is 13.2. The van der Waals surface area contributed by atoms with Crippen molar-refractivity contribution in [3.63, 3.8) is 0 Å². The fraction of sp³-hybridized carbons (Fsp3) is 0. The first-order chi connectivity index (χ1) is 35.0. The molecule has 1 heterocycles. The summed E-state index contributed by atoms with van der Waals surface area (Å²) in [5.74, 6) is 0. The van der Waals surface area contributed by atoms with Crippen LogP contribution in [0.3, 0.4) is 0 Å². The highest BCUT2D eigenvalue weighted by molar-refractivity contribution is 6.22. The highest BCUT2D eigenvalue weighted by Crippen LogP contribution is 2.45. The summed E-state index contributed by atoms with van der Waals surface area (Å²) in [7, 11) is 0. The summed E-state index contributed by atoms with van der Waals surface area (Å²) in [5, 5.41) is -5.96. The molecule has 9 aromatic carbocycles. The van der Waals surface area contributed by atoms with Crippen LogP contribution in [-0.4, -0.2) is 0 Å². The molecule has 1 nitrogen and oxygen atoms in total. The molecular formula is C46H28O. The normalized spacial score (nSPS) is 20.2. The van der Waals surface area contributed by atoms with Crippen LogP contribution in [0.15, 0.2) is 174 Å². The average Bonchev–Trinajstić information content (AvgIpc) is 3.80. The van der Waals surface area contributed by atoms with Gasteiger partial charge in [-0.05, 0) is 107 Å². The van der Waals surface area contributed by atoms with E-state index in [0.29, 0.717) is 0 Å². The van der Waals surface area contributed by atoms with Gasteiger partial charge in [-0.1, -0.05) is 139 Å².